The highest BCUT2D eigenvalue weighted by atomic mass is 16.1. The van der Waals surface area contributed by atoms with E-state index in [0.717, 1.165) is 13.0 Å². The van der Waals surface area contributed by atoms with Crippen molar-refractivity contribution in [1.82, 2.24) is 9.78 Å². The second kappa shape index (κ2) is 4.91. The first-order valence-corrected chi connectivity index (χ1v) is 4.95. The van der Waals surface area contributed by atoms with E-state index < -0.39 is 0 Å². The number of rotatable bonds is 5. The first-order chi connectivity index (χ1) is 6.69. The van der Waals surface area contributed by atoms with Gasteiger partial charge < -0.3 is 5.73 Å². The molecule has 0 saturated carbocycles. The van der Waals surface area contributed by atoms with Crippen LogP contribution in [0.4, 0.5) is 0 Å². The molecule has 0 aliphatic heterocycles. The number of hydrogen-bond donors (Lipinski definition) is 1. The van der Waals surface area contributed by atoms with Crippen LogP contribution in [0.15, 0.2) is 12.4 Å². The Labute approximate surface area is 84.1 Å². The summed E-state index contributed by atoms with van der Waals surface area (Å²) < 4.78 is 1.75. The number of nitrogens with two attached hydrogens (primary N) is 1. The van der Waals surface area contributed by atoms with Crippen molar-refractivity contribution < 1.29 is 4.79 Å². The third-order valence-electron chi connectivity index (χ3n) is 2.29. The molecule has 0 radical (unpaired) electrons. The molecular weight excluding hydrogens is 178 g/mol. The average Bonchev–Trinajstić information content (AvgIpc) is 2.65. The third kappa shape index (κ3) is 2.42. The molecule has 2 N–H and O–H groups in total. The molecule has 1 heterocycles. The Balaban J connectivity index is 2.68. The summed E-state index contributed by atoms with van der Waals surface area (Å²) in [6.07, 6.45) is 4.14. The molecule has 1 unspecified atom stereocenters. The maximum absolute atomic E-state index is 11.8. The fourth-order valence-corrected chi connectivity index (χ4v) is 1.33. The Morgan fingerprint density at radius 3 is 2.93 bits per heavy atom. The Morgan fingerprint density at radius 1 is 1.71 bits per heavy atom. The first-order valence-electron chi connectivity index (χ1n) is 4.95. The number of nitrogens with zero attached hydrogens (tertiary/aromatic N) is 2. The number of carbonyl (C=O) groups is 1. The largest absolute Gasteiger partial charge is 0.330 e. The lowest BCUT2D eigenvalue weighted by atomic mass is 9.99. The minimum Gasteiger partial charge on any atom is -0.330 e. The lowest BCUT2D eigenvalue weighted by Gasteiger charge is -2.05. The number of ketones is 1. The lowest BCUT2D eigenvalue weighted by molar-refractivity contribution is 0.0925. The monoisotopic (exact) mass is 195 g/mol. The molecule has 4 heteroatoms. The van der Waals surface area contributed by atoms with Gasteiger partial charge in [0.25, 0.3) is 0 Å². The molecule has 0 aliphatic carbocycles. The minimum absolute atomic E-state index is 0.00509. The number of hydrogen-bond acceptors (Lipinski definition) is 3. The van der Waals surface area contributed by atoms with Crippen LogP contribution in [0.3, 0.4) is 0 Å². The van der Waals surface area contributed by atoms with Crippen LogP contribution in [-0.4, -0.2) is 22.1 Å². The van der Waals surface area contributed by atoms with Crippen LogP contribution >= 0.6 is 0 Å². The van der Waals surface area contributed by atoms with E-state index in [1.807, 2.05) is 13.8 Å². The number of aryl methyl sites for hydroxylation is 1. The van der Waals surface area contributed by atoms with Gasteiger partial charge in [-0.1, -0.05) is 6.92 Å². The Kier molecular flexibility index (Phi) is 3.83. The molecule has 1 aromatic rings. The standard InChI is InChI=1S/C10H17N3O/c1-3-13-7-9(6-12-13)10(14)8(2)4-5-11/h6-8H,3-5,11H2,1-2H3. The van der Waals surface area contributed by atoms with Gasteiger partial charge in [0.15, 0.2) is 5.78 Å². The highest BCUT2D eigenvalue weighted by molar-refractivity contribution is 5.97. The van der Waals surface area contributed by atoms with Crippen molar-refractivity contribution >= 4 is 5.78 Å². The van der Waals surface area contributed by atoms with Crippen LogP contribution in [0.25, 0.3) is 0 Å². The van der Waals surface area contributed by atoms with Gasteiger partial charge >= 0.3 is 0 Å². The fourth-order valence-electron chi connectivity index (χ4n) is 1.33. The maximum atomic E-state index is 11.8. The topological polar surface area (TPSA) is 60.9 Å². The fraction of sp³-hybridized carbons (Fsp3) is 0.600. The normalized spacial score (nSPS) is 12.8. The van der Waals surface area contributed by atoms with Crippen molar-refractivity contribution in [3.63, 3.8) is 0 Å². The Bertz CT molecular complexity index is 306. The number of aromatic nitrogens is 2. The van der Waals surface area contributed by atoms with E-state index in [0.29, 0.717) is 12.1 Å². The van der Waals surface area contributed by atoms with Crippen molar-refractivity contribution in [2.45, 2.75) is 26.8 Å². The predicted molar refractivity (Wildman–Crippen MR) is 55.1 cm³/mol. The second-order valence-electron chi connectivity index (χ2n) is 3.43. The van der Waals surface area contributed by atoms with Crippen LogP contribution in [0.5, 0.6) is 0 Å². The van der Waals surface area contributed by atoms with Gasteiger partial charge in [0.1, 0.15) is 0 Å². The quantitative estimate of drug-likeness (QED) is 0.715. The highest BCUT2D eigenvalue weighted by Gasteiger charge is 2.15. The molecule has 14 heavy (non-hydrogen) atoms. The van der Waals surface area contributed by atoms with E-state index in [-0.39, 0.29) is 11.7 Å². The number of carbonyl (C=O) groups excluding carboxylic acids is 1. The zero-order valence-electron chi connectivity index (χ0n) is 8.73. The molecule has 1 rings (SSSR count). The highest BCUT2D eigenvalue weighted by Crippen LogP contribution is 2.10. The molecule has 78 valence electrons. The van der Waals surface area contributed by atoms with E-state index in [4.69, 9.17) is 5.73 Å². The predicted octanol–water partition coefficient (Wildman–Crippen LogP) is 1.07. The molecule has 0 aliphatic rings. The first kappa shape index (κ1) is 10.9. The SMILES string of the molecule is CCn1cc(C(=O)C(C)CCN)cn1. The summed E-state index contributed by atoms with van der Waals surface area (Å²) in [7, 11) is 0. The molecule has 4 nitrogen and oxygen atoms in total. The summed E-state index contributed by atoms with van der Waals surface area (Å²) >= 11 is 0. The van der Waals surface area contributed by atoms with Crippen molar-refractivity contribution in [2.24, 2.45) is 11.7 Å². The van der Waals surface area contributed by atoms with E-state index in [9.17, 15) is 4.79 Å². The summed E-state index contributed by atoms with van der Waals surface area (Å²) in [5, 5.41) is 4.06. The molecule has 0 spiro atoms. The van der Waals surface area contributed by atoms with Gasteiger partial charge in [-0.2, -0.15) is 5.10 Å². The van der Waals surface area contributed by atoms with Crippen molar-refractivity contribution in [3.8, 4) is 0 Å². The van der Waals surface area contributed by atoms with Crippen LogP contribution in [0.2, 0.25) is 0 Å². The van der Waals surface area contributed by atoms with Crippen LogP contribution in [0, 0.1) is 5.92 Å². The van der Waals surface area contributed by atoms with Crippen LogP contribution in [-0.2, 0) is 6.54 Å². The van der Waals surface area contributed by atoms with E-state index in [1.165, 1.54) is 0 Å². The second-order valence-corrected chi connectivity index (χ2v) is 3.43. The summed E-state index contributed by atoms with van der Waals surface area (Å²) in [6.45, 7) is 5.23. The molecule has 0 saturated heterocycles. The lowest BCUT2D eigenvalue weighted by Crippen LogP contribution is -2.15. The molecule has 0 aromatic carbocycles. The van der Waals surface area contributed by atoms with Gasteiger partial charge in [-0.25, -0.2) is 0 Å². The zero-order valence-corrected chi connectivity index (χ0v) is 8.73. The summed E-state index contributed by atoms with van der Waals surface area (Å²) in [5.41, 5.74) is 6.09. The van der Waals surface area contributed by atoms with E-state index in [2.05, 4.69) is 5.10 Å². The van der Waals surface area contributed by atoms with E-state index in [1.54, 1.807) is 17.1 Å². The van der Waals surface area contributed by atoms with Gasteiger partial charge in [-0.3, -0.25) is 9.48 Å². The third-order valence-corrected chi connectivity index (χ3v) is 2.29. The summed E-state index contributed by atoms with van der Waals surface area (Å²) in [6, 6.07) is 0. The molecule has 1 aromatic heterocycles. The van der Waals surface area contributed by atoms with Crippen LogP contribution in [0.1, 0.15) is 30.6 Å². The van der Waals surface area contributed by atoms with E-state index >= 15 is 0 Å². The van der Waals surface area contributed by atoms with Crippen molar-refractivity contribution in [1.29, 1.82) is 0 Å². The molecular formula is C10H17N3O. The van der Waals surface area contributed by atoms with Crippen LogP contribution < -0.4 is 5.73 Å². The average molecular weight is 195 g/mol. The van der Waals surface area contributed by atoms with Gasteiger partial charge in [-0.15, -0.1) is 0 Å². The smallest absolute Gasteiger partial charge is 0.168 e. The van der Waals surface area contributed by atoms with Gasteiger partial charge in [0.2, 0.25) is 0 Å². The van der Waals surface area contributed by atoms with Gasteiger partial charge in [0.05, 0.1) is 11.8 Å². The molecule has 0 fully saturated rings. The zero-order chi connectivity index (χ0) is 10.6. The molecule has 1 atom stereocenters. The Hall–Kier alpha value is -1.16. The molecule has 0 amide bonds. The summed E-state index contributed by atoms with van der Waals surface area (Å²) in [5.74, 6) is 0.129. The number of Topliss-reactive ketones (excluding diaryl/α,β-unsaturated/α-hetero) is 1. The summed E-state index contributed by atoms with van der Waals surface area (Å²) in [4.78, 5) is 11.8. The minimum atomic E-state index is -0.00509. The Morgan fingerprint density at radius 2 is 2.43 bits per heavy atom. The van der Waals surface area contributed by atoms with Gasteiger partial charge in [0, 0.05) is 18.7 Å². The van der Waals surface area contributed by atoms with Crippen molar-refractivity contribution in [2.75, 3.05) is 6.54 Å². The molecule has 0 bridgehead atoms. The maximum Gasteiger partial charge on any atom is 0.168 e. The van der Waals surface area contributed by atoms with Crippen molar-refractivity contribution in [3.05, 3.63) is 18.0 Å². The van der Waals surface area contributed by atoms with Gasteiger partial charge in [-0.05, 0) is 19.9 Å².